The minimum atomic E-state index is -0.424. The van der Waals surface area contributed by atoms with Crippen molar-refractivity contribution in [1.82, 2.24) is 5.64 Å². The van der Waals surface area contributed by atoms with Crippen molar-refractivity contribution in [2.24, 2.45) is 0 Å². The molecule has 4 heteroatoms. The number of carbonyl (C=O) groups is 1. The van der Waals surface area contributed by atoms with Crippen LogP contribution >= 0.6 is 0 Å². The fourth-order valence-corrected chi connectivity index (χ4v) is 0.883. The molecule has 0 bridgehead atoms. The van der Waals surface area contributed by atoms with Gasteiger partial charge in [0.05, 0.1) is 0 Å². The van der Waals surface area contributed by atoms with Crippen molar-refractivity contribution in [1.29, 1.82) is 0 Å². The van der Waals surface area contributed by atoms with E-state index < -0.39 is 5.97 Å². The van der Waals surface area contributed by atoms with Crippen molar-refractivity contribution >= 4 is 5.97 Å². The van der Waals surface area contributed by atoms with Gasteiger partial charge in [-0.15, -0.1) is 0 Å². The van der Waals surface area contributed by atoms with Crippen LogP contribution < -0.4 is 10.5 Å². The van der Waals surface area contributed by atoms with Crippen LogP contribution in [0.3, 0.4) is 0 Å². The zero-order valence-electron chi connectivity index (χ0n) is 5.53. The highest BCUT2D eigenvalue weighted by Gasteiger charge is 2.18. The quantitative estimate of drug-likeness (QED) is 0.591. The van der Waals surface area contributed by atoms with E-state index in [9.17, 15) is 4.79 Å². The molecule has 2 rings (SSSR count). The number of benzene rings is 1. The monoisotopic (exact) mass is 151 g/mol. The fourth-order valence-electron chi connectivity index (χ4n) is 0.883. The molecule has 0 saturated heterocycles. The molecule has 4 nitrogen and oxygen atoms in total. The van der Waals surface area contributed by atoms with Gasteiger partial charge >= 0.3 is 5.97 Å². The van der Waals surface area contributed by atoms with E-state index in [1.165, 1.54) is 0 Å². The first-order valence-corrected chi connectivity index (χ1v) is 3.10. The molecule has 56 valence electrons. The first-order chi connectivity index (χ1) is 5.38. The summed E-state index contributed by atoms with van der Waals surface area (Å²) in [7, 11) is 0. The molecule has 1 aliphatic rings. The van der Waals surface area contributed by atoms with Crippen molar-refractivity contribution in [2.45, 2.75) is 0 Å². The van der Waals surface area contributed by atoms with E-state index in [4.69, 9.17) is 4.84 Å². The van der Waals surface area contributed by atoms with E-state index in [-0.39, 0.29) is 0 Å². The molecule has 1 N–H and O–H groups in total. The second kappa shape index (κ2) is 2.25. The van der Waals surface area contributed by atoms with Gasteiger partial charge in [-0.3, -0.25) is 0 Å². The van der Waals surface area contributed by atoms with E-state index in [1.807, 2.05) is 5.64 Å². The Balaban J connectivity index is 2.52. The van der Waals surface area contributed by atoms with Crippen molar-refractivity contribution in [3.63, 3.8) is 0 Å². The number of rotatable bonds is 0. The highest BCUT2D eigenvalue weighted by molar-refractivity contribution is 5.92. The maximum absolute atomic E-state index is 10.9. The highest BCUT2D eigenvalue weighted by Crippen LogP contribution is 2.20. The number of hydrogen-bond acceptors (Lipinski definition) is 4. The summed E-state index contributed by atoms with van der Waals surface area (Å²) >= 11 is 0. The van der Waals surface area contributed by atoms with Crippen molar-refractivity contribution in [3.8, 4) is 5.75 Å². The van der Waals surface area contributed by atoms with Crippen LogP contribution in [0.2, 0.25) is 0 Å². The van der Waals surface area contributed by atoms with Crippen LogP contribution in [0.5, 0.6) is 5.75 Å². The average molecular weight is 151 g/mol. The first-order valence-electron chi connectivity index (χ1n) is 3.10. The van der Waals surface area contributed by atoms with Crippen LogP contribution in [0.25, 0.3) is 0 Å². The first kappa shape index (κ1) is 6.18. The molecule has 0 aliphatic carbocycles. The predicted molar refractivity (Wildman–Crippen MR) is 35.6 cm³/mol. The number of fused-ring (bicyclic) bond motifs is 1. The summed E-state index contributed by atoms with van der Waals surface area (Å²) in [5.41, 5.74) is 2.48. The molecule has 1 aliphatic heterocycles. The molecule has 0 unspecified atom stereocenters. The van der Waals surface area contributed by atoms with Crippen LogP contribution in [0, 0.1) is 0 Å². The third kappa shape index (κ3) is 0.929. The zero-order chi connectivity index (χ0) is 7.68. The topological polar surface area (TPSA) is 47.6 Å². The predicted octanol–water partition coefficient (Wildman–Crippen LogP) is 0.655. The summed E-state index contributed by atoms with van der Waals surface area (Å²) in [5.74, 6) is 0.0654. The summed E-state index contributed by atoms with van der Waals surface area (Å²) in [5, 5.41) is 0. The summed E-state index contributed by atoms with van der Waals surface area (Å²) in [6.45, 7) is 0. The molecule has 0 saturated carbocycles. The van der Waals surface area contributed by atoms with Crippen LogP contribution in [0.4, 0.5) is 0 Å². The van der Waals surface area contributed by atoms with Gasteiger partial charge in [0.1, 0.15) is 5.56 Å². The Hall–Kier alpha value is -1.55. The molecule has 1 heterocycles. The maximum Gasteiger partial charge on any atom is 0.364 e. The molecule has 0 atom stereocenters. The zero-order valence-corrected chi connectivity index (χ0v) is 5.53. The summed E-state index contributed by atoms with van der Waals surface area (Å²) in [6, 6.07) is 6.84. The highest BCUT2D eigenvalue weighted by atomic mass is 16.9. The normalized spacial score (nSPS) is 14.7. The van der Waals surface area contributed by atoms with Gasteiger partial charge in [-0.1, -0.05) is 12.1 Å². The van der Waals surface area contributed by atoms with Crippen LogP contribution in [-0.2, 0) is 4.84 Å². The van der Waals surface area contributed by atoms with Gasteiger partial charge in [0, 0.05) is 5.64 Å². The number of carbonyl (C=O) groups excluding carboxylic acids is 1. The number of hydrogen-bond donors (Lipinski definition) is 1. The third-order valence-corrected chi connectivity index (χ3v) is 1.39. The van der Waals surface area contributed by atoms with Gasteiger partial charge in [-0.25, -0.2) is 4.79 Å². The Labute approximate surface area is 62.6 Å². The Bertz CT molecular complexity index is 297. The molecular weight excluding hydrogens is 146 g/mol. The van der Waals surface area contributed by atoms with E-state index >= 15 is 0 Å². The lowest BCUT2D eigenvalue weighted by molar-refractivity contribution is -0.0809. The Kier molecular flexibility index (Phi) is 1.26. The number of nitrogens with one attached hydrogen (secondary N) is 1. The second-order valence-electron chi connectivity index (χ2n) is 2.07. The second-order valence-corrected chi connectivity index (χ2v) is 2.07. The Morgan fingerprint density at radius 3 is 2.82 bits per heavy atom. The van der Waals surface area contributed by atoms with Crippen LogP contribution in [0.1, 0.15) is 10.4 Å². The Morgan fingerprint density at radius 1 is 1.18 bits per heavy atom. The van der Waals surface area contributed by atoms with E-state index in [1.54, 1.807) is 24.3 Å². The minimum absolute atomic E-state index is 0.424. The van der Waals surface area contributed by atoms with Crippen molar-refractivity contribution in [2.75, 3.05) is 0 Å². The van der Waals surface area contributed by atoms with E-state index in [0.717, 1.165) is 0 Å². The molecule has 0 spiro atoms. The molecule has 1 aromatic rings. The van der Waals surface area contributed by atoms with Crippen molar-refractivity contribution < 1.29 is 14.5 Å². The number of para-hydroxylation sites is 1. The van der Waals surface area contributed by atoms with E-state index in [0.29, 0.717) is 11.3 Å². The van der Waals surface area contributed by atoms with Gasteiger partial charge in [0.15, 0.2) is 5.75 Å². The summed E-state index contributed by atoms with van der Waals surface area (Å²) in [4.78, 5) is 20.1. The average Bonchev–Trinajstić information content (AvgIpc) is 2.06. The molecule has 1 aromatic carbocycles. The lowest BCUT2D eigenvalue weighted by Crippen LogP contribution is -2.29. The van der Waals surface area contributed by atoms with Gasteiger partial charge in [0.2, 0.25) is 0 Å². The molecule has 11 heavy (non-hydrogen) atoms. The standard InChI is InChI=1S/C7H5NO3/c9-7-5-3-1-2-4-6(5)10-8-11-7/h1-4,8H. The van der Waals surface area contributed by atoms with Gasteiger partial charge in [-0.05, 0) is 12.1 Å². The van der Waals surface area contributed by atoms with Crippen LogP contribution in [-0.4, -0.2) is 5.97 Å². The largest absolute Gasteiger partial charge is 0.373 e. The van der Waals surface area contributed by atoms with Gasteiger partial charge < -0.3 is 9.68 Å². The molecular formula is C7H5NO3. The molecule has 0 aromatic heterocycles. The van der Waals surface area contributed by atoms with Crippen LogP contribution in [0.15, 0.2) is 24.3 Å². The van der Waals surface area contributed by atoms with E-state index in [2.05, 4.69) is 4.84 Å². The van der Waals surface area contributed by atoms with Crippen molar-refractivity contribution in [3.05, 3.63) is 29.8 Å². The Morgan fingerprint density at radius 2 is 2.00 bits per heavy atom. The third-order valence-electron chi connectivity index (χ3n) is 1.39. The molecule has 0 amide bonds. The summed E-state index contributed by atoms with van der Waals surface area (Å²) < 4.78 is 0. The fraction of sp³-hybridized carbons (Fsp3) is 0. The van der Waals surface area contributed by atoms with Gasteiger partial charge in [0.25, 0.3) is 0 Å². The lowest BCUT2D eigenvalue weighted by Gasteiger charge is -2.14. The minimum Gasteiger partial charge on any atom is -0.373 e. The SMILES string of the molecule is O=C1ONOc2ccccc21. The van der Waals surface area contributed by atoms with Gasteiger partial charge in [-0.2, -0.15) is 0 Å². The molecule has 0 fully saturated rings. The summed E-state index contributed by atoms with van der Waals surface area (Å²) in [6.07, 6.45) is 0. The molecule has 0 radical (unpaired) electrons. The maximum atomic E-state index is 10.9. The smallest absolute Gasteiger partial charge is 0.364 e. The lowest BCUT2D eigenvalue weighted by atomic mass is 10.2.